The first-order valence-corrected chi connectivity index (χ1v) is 6.97. The fraction of sp³-hybridized carbons (Fsp3) is 0.364. The van der Waals surface area contributed by atoms with E-state index in [1.807, 2.05) is 45.0 Å². The number of nitrogens with one attached hydrogen (secondary N) is 1. The van der Waals surface area contributed by atoms with Gasteiger partial charge in [0.15, 0.2) is 15.3 Å². The third-order valence-electron chi connectivity index (χ3n) is 1.83. The van der Waals surface area contributed by atoms with Crippen molar-refractivity contribution >= 4 is 32.5 Å². The fourth-order valence-corrected chi connectivity index (χ4v) is 3.47. The third-order valence-corrected chi connectivity index (χ3v) is 4.57. The van der Waals surface area contributed by atoms with Crippen molar-refractivity contribution in [2.75, 3.05) is 0 Å². The van der Waals surface area contributed by atoms with Gasteiger partial charge in [-0.1, -0.05) is 12.1 Å². The molecule has 16 heavy (non-hydrogen) atoms. The average Bonchev–Trinajstić information content (AvgIpc) is 2.58. The van der Waals surface area contributed by atoms with Gasteiger partial charge >= 0.3 is 0 Å². The largest absolute Gasteiger partial charge is 0.235 e. The number of aromatic nitrogens is 1. The molecule has 86 valence electrons. The van der Waals surface area contributed by atoms with E-state index in [9.17, 15) is 4.21 Å². The van der Waals surface area contributed by atoms with Crippen LogP contribution in [0, 0.1) is 0 Å². The van der Waals surface area contributed by atoms with E-state index in [-0.39, 0.29) is 5.54 Å². The SMILES string of the molecule is CC(C)(C)NS(=O)c1nc2ccccc2s1. The quantitative estimate of drug-likeness (QED) is 0.895. The summed E-state index contributed by atoms with van der Waals surface area (Å²) in [6, 6.07) is 7.82. The van der Waals surface area contributed by atoms with Crippen molar-refractivity contribution < 1.29 is 4.21 Å². The van der Waals surface area contributed by atoms with Crippen LogP contribution in [-0.4, -0.2) is 14.7 Å². The Hall–Kier alpha value is -0.780. The Bertz CT molecular complexity index is 495. The molecule has 3 nitrogen and oxygen atoms in total. The van der Waals surface area contributed by atoms with Crippen LogP contribution in [0.4, 0.5) is 0 Å². The van der Waals surface area contributed by atoms with E-state index in [4.69, 9.17) is 0 Å². The van der Waals surface area contributed by atoms with Gasteiger partial charge in [0.25, 0.3) is 0 Å². The third kappa shape index (κ3) is 2.66. The minimum atomic E-state index is -1.23. The molecule has 1 aromatic heterocycles. The highest BCUT2D eigenvalue weighted by molar-refractivity contribution is 7.85. The molecule has 0 aliphatic carbocycles. The number of thiazole rings is 1. The van der Waals surface area contributed by atoms with Gasteiger partial charge in [-0.3, -0.25) is 0 Å². The van der Waals surface area contributed by atoms with Crippen LogP contribution in [0.2, 0.25) is 0 Å². The van der Waals surface area contributed by atoms with E-state index in [0.29, 0.717) is 4.34 Å². The summed E-state index contributed by atoms with van der Waals surface area (Å²) in [7, 11) is -1.23. The zero-order chi connectivity index (χ0) is 11.8. The lowest BCUT2D eigenvalue weighted by molar-refractivity contribution is 0.519. The lowest BCUT2D eigenvalue weighted by Gasteiger charge is -2.18. The first-order chi connectivity index (χ1) is 7.46. The van der Waals surface area contributed by atoms with Crippen LogP contribution >= 0.6 is 11.3 Å². The molecule has 0 aliphatic rings. The first kappa shape index (κ1) is 11.7. The number of hydrogen-bond acceptors (Lipinski definition) is 3. The predicted octanol–water partition coefficient (Wildman–Crippen LogP) is 2.71. The molecule has 0 saturated carbocycles. The van der Waals surface area contributed by atoms with E-state index in [1.165, 1.54) is 11.3 Å². The topological polar surface area (TPSA) is 42.0 Å². The van der Waals surface area contributed by atoms with Gasteiger partial charge in [-0.25, -0.2) is 13.9 Å². The van der Waals surface area contributed by atoms with Crippen LogP contribution in [0.15, 0.2) is 28.6 Å². The van der Waals surface area contributed by atoms with Gasteiger partial charge in [0, 0.05) is 5.54 Å². The molecule has 1 atom stereocenters. The number of hydrogen-bond donors (Lipinski definition) is 1. The summed E-state index contributed by atoms with van der Waals surface area (Å²) < 4.78 is 16.7. The summed E-state index contributed by atoms with van der Waals surface area (Å²) in [5.74, 6) is 0. The second kappa shape index (κ2) is 4.24. The van der Waals surface area contributed by atoms with Crippen LogP contribution in [0.25, 0.3) is 10.2 Å². The van der Waals surface area contributed by atoms with E-state index in [2.05, 4.69) is 9.71 Å². The zero-order valence-electron chi connectivity index (χ0n) is 9.48. The lowest BCUT2D eigenvalue weighted by Crippen LogP contribution is -2.37. The standard InChI is InChI=1S/C11H14N2OS2/c1-11(2,3)13-16(14)10-12-8-6-4-5-7-9(8)15-10/h4-7,13H,1-3H3. The molecule has 1 unspecified atom stereocenters. The Morgan fingerprint density at radius 1 is 1.31 bits per heavy atom. The molecule has 0 radical (unpaired) electrons. The van der Waals surface area contributed by atoms with Crippen LogP contribution in [0.1, 0.15) is 20.8 Å². The van der Waals surface area contributed by atoms with Crippen molar-refractivity contribution in [2.24, 2.45) is 0 Å². The number of benzene rings is 1. The Labute approximate surface area is 101 Å². The van der Waals surface area contributed by atoms with Crippen molar-refractivity contribution in [1.82, 2.24) is 9.71 Å². The van der Waals surface area contributed by atoms with Gasteiger partial charge in [0.2, 0.25) is 0 Å². The van der Waals surface area contributed by atoms with E-state index < -0.39 is 11.0 Å². The monoisotopic (exact) mass is 254 g/mol. The molecule has 1 heterocycles. The first-order valence-electron chi connectivity index (χ1n) is 5.01. The lowest BCUT2D eigenvalue weighted by atomic mass is 10.1. The minimum Gasteiger partial charge on any atom is -0.235 e. The summed E-state index contributed by atoms with van der Waals surface area (Å²) in [4.78, 5) is 4.35. The van der Waals surface area contributed by atoms with Crippen molar-refractivity contribution in [3.63, 3.8) is 0 Å². The van der Waals surface area contributed by atoms with Gasteiger partial charge in [-0.15, -0.1) is 11.3 Å². The minimum absolute atomic E-state index is 0.178. The molecule has 1 N–H and O–H groups in total. The summed E-state index contributed by atoms with van der Waals surface area (Å²) in [5, 5.41) is 0. The summed E-state index contributed by atoms with van der Waals surface area (Å²) in [6.45, 7) is 5.95. The molecular weight excluding hydrogens is 240 g/mol. The van der Waals surface area contributed by atoms with Crippen LogP contribution < -0.4 is 4.72 Å². The van der Waals surface area contributed by atoms with E-state index >= 15 is 0 Å². The summed E-state index contributed by atoms with van der Waals surface area (Å²) in [5.41, 5.74) is 0.731. The Balaban J connectivity index is 2.30. The predicted molar refractivity (Wildman–Crippen MR) is 68.9 cm³/mol. The van der Waals surface area contributed by atoms with Gasteiger partial charge in [-0.05, 0) is 32.9 Å². The summed E-state index contributed by atoms with van der Waals surface area (Å²) >= 11 is 1.47. The van der Waals surface area contributed by atoms with Gasteiger partial charge in [0.1, 0.15) is 0 Å². The molecule has 2 aromatic rings. The molecule has 5 heteroatoms. The Morgan fingerprint density at radius 3 is 2.62 bits per heavy atom. The van der Waals surface area contributed by atoms with Crippen LogP contribution in [-0.2, 0) is 11.0 Å². The highest BCUT2D eigenvalue weighted by Crippen LogP contribution is 2.23. The highest BCUT2D eigenvalue weighted by Gasteiger charge is 2.17. The number of para-hydroxylation sites is 1. The number of rotatable bonds is 2. The van der Waals surface area contributed by atoms with E-state index in [0.717, 1.165) is 10.2 Å². The Kier molecular flexibility index (Phi) is 3.10. The summed E-state index contributed by atoms with van der Waals surface area (Å²) in [6.07, 6.45) is 0. The van der Waals surface area contributed by atoms with Crippen molar-refractivity contribution in [1.29, 1.82) is 0 Å². The molecule has 2 rings (SSSR count). The smallest absolute Gasteiger partial charge is 0.197 e. The second-order valence-electron chi connectivity index (χ2n) is 4.57. The molecule has 0 spiro atoms. The van der Waals surface area contributed by atoms with Crippen LogP contribution in [0.5, 0.6) is 0 Å². The molecule has 0 fully saturated rings. The molecule has 0 amide bonds. The van der Waals surface area contributed by atoms with Crippen LogP contribution in [0.3, 0.4) is 0 Å². The van der Waals surface area contributed by atoms with Crippen molar-refractivity contribution in [2.45, 2.75) is 30.6 Å². The molecule has 0 saturated heterocycles. The molecular formula is C11H14N2OS2. The maximum absolute atomic E-state index is 12.0. The average molecular weight is 254 g/mol. The number of nitrogens with zero attached hydrogens (tertiary/aromatic N) is 1. The van der Waals surface area contributed by atoms with E-state index in [1.54, 1.807) is 0 Å². The highest BCUT2D eigenvalue weighted by atomic mass is 32.2. The van der Waals surface area contributed by atoms with Crippen molar-refractivity contribution in [3.8, 4) is 0 Å². The fourth-order valence-electron chi connectivity index (χ4n) is 1.25. The van der Waals surface area contributed by atoms with Gasteiger partial charge in [0.05, 0.1) is 10.2 Å². The normalized spacial score (nSPS) is 14.2. The van der Waals surface area contributed by atoms with Gasteiger partial charge < -0.3 is 0 Å². The maximum atomic E-state index is 12.0. The van der Waals surface area contributed by atoms with Crippen molar-refractivity contribution in [3.05, 3.63) is 24.3 Å². The second-order valence-corrected chi connectivity index (χ2v) is 6.99. The maximum Gasteiger partial charge on any atom is 0.197 e. The zero-order valence-corrected chi connectivity index (χ0v) is 11.1. The molecule has 0 aliphatic heterocycles. The van der Waals surface area contributed by atoms with Gasteiger partial charge in [-0.2, -0.15) is 0 Å². The number of fused-ring (bicyclic) bond motifs is 1. The molecule has 0 bridgehead atoms. The Morgan fingerprint density at radius 2 is 2.00 bits per heavy atom. The molecule has 1 aromatic carbocycles.